The van der Waals surface area contributed by atoms with Crippen LogP contribution in [0.15, 0.2) is 10.1 Å². The maximum Gasteiger partial charge on any atom is 0.104 e. The first-order valence-corrected chi connectivity index (χ1v) is 6.17. The fourth-order valence-electron chi connectivity index (χ4n) is 2.66. The summed E-state index contributed by atoms with van der Waals surface area (Å²) in [4.78, 5) is 4.50. The van der Waals surface area contributed by atoms with Crippen molar-refractivity contribution in [1.29, 1.82) is 0 Å². The molecule has 1 saturated carbocycles. The molecule has 1 aliphatic carbocycles. The zero-order valence-electron chi connectivity index (χ0n) is 9.28. The van der Waals surface area contributed by atoms with Crippen LogP contribution in [0.3, 0.4) is 0 Å². The molecule has 3 heteroatoms. The molecule has 2 rings (SSSR count). The lowest BCUT2D eigenvalue weighted by Gasteiger charge is -2.24. The van der Waals surface area contributed by atoms with Gasteiger partial charge in [0.2, 0.25) is 0 Å². The van der Waals surface area contributed by atoms with Crippen LogP contribution in [0.5, 0.6) is 0 Å². The zero-order chi connectivity index (χ0) is 10.5. The number of aliphatic imine (C=N–C) groups is 1. The summed E-state index contributed by atoms with van der Waals surface area (Å²) in [7, 11) is 0. The molecule has 0 bridgehead atoms. The fraction of sp³-hybridized carbons (Fsp3) is 0.833. The van der Waals surface area contributed by atoms with E-state index in [1.54, 1.807) is 0 Å². The van der Waals surface area contributed by atoms with Crippen LogP contribution >= 0.6 is 0 Å². The molecular formula is C12H20N2O. The van der Waals surface area contributed by atoms with E-state index in [0.29, 0.717) is 5.92 Å². The molecule has 0 spiro atoms. The van der Waals surface area contributed by atoms with Crippen LogP contribution < -0.4 is 0 Å². The molecule has 0 aromatic carbocycles. The summed E-state index contributed by atoms with van der Waals surface area (Å²) in [6.45, 7) is 0.918. The summed E-state index contributed by atoms with van der Waals surface area (Å²) in [5.74, 6) is 0.473. The van der Waals surface area contributed by atoms with Crippen LogP contribution in [-0.2, 0) is 0 Å². The van der Waals surface area contributed by atoms with Crippen molar-refractivity contribution in [3.8, 4) is 0 Å². The fourth-order valence-corrected chi connectivity index (χ4v) is 2.66. The van der Waals surface area contributed by atoms with Gasteiger partial charge in [0.15, 0.2) is 0 Å². The minimum absolute atomic E-state index is 0.473. The van der Waals surface area contributed by atoms with E-state index in [9.17, 15) is 0 Å². The molecule has 0 saturated heterocycles. The maximum atomic E-state index is 9.14. The van der Waals surface area contributed by atoms with E-state index in [1.807, 2.05) is 0 Å². The molecule has 0 atom stereocenters. The third kappa shape index (κ3) is 2.58. The number of oxime groups is 1. The highest BCUT2D eigenvalue weighted by Gasteiger charge is 2.24. The highest BCUT2D eigenvalue weighted by molar-refractivity contribution is 6.43. The zero-order valence-corrected chi connectivity index (χ0v) is 9.28. The van der Waals surface area contributed by atoms with Gasteiger partial charge in [-0.15, -0.1) is 0 Å². The molecule has 3 nitrogen and oxygen atoms in total. The van der Waals surface area contributed by atoms with E-state index in [-0.39, 0.29) is 0 Å². The first kappa shape index (κ1) is 10.7. The summed E-state index contributed by atoms with van der Waals surface area (Å²) in [5, 5.41) is 12.7. The van der Waals surface area contributed by atoms with Gasteiger partial charge in [-0.3, -0.25) is 4.99 Å². The van der Waals surface area contributed by atoms with Crippen molar-refractivity contribution >= 4 is 11.4 Å². The minimum atomic E-state index is 0.473. The predicted octanol–water partition coefficient (Wildman–Crippen LogP) is 3.02. The van der Waals surface area contributed by atoms with Gasteiger partial charge in [0.05, 0.1) is 5.71 Å². The quantitative estimate of drug-likeness (QED) is 0.423. The van der Waals surface area contributed by atoms with Gasteiger partial charge in [0.1, 0.15) is 5.71 Å². The summed E-state index contributed by atoms with van der Waals surface area (Å²) < 4.78 is 0. The molecule has 0 unspecified atom stereocenters. The Kier molecular flexibility index (Phi) is 3.75. The van der Waals surface area contributed by atoms with Gasteiger partial charge in [0, 0.05) is 12.5 Å². The third-order valence-electron chi connectivity index (χ3n) is 3.52. The second-order valence-electron chi connectivity index (χ2n) is 4.61. The van der Waals surface area contributed by atoms with E-state index >= 15 is 0 Å². The lowest BCUT2D eigenvalue weighted by atomic mass is 9.83. The maximum absolute atomic E-state index is 9.14. The Morgan fingerprint density at radius 3 is 2.53 bits per heavy atom. The molecule has 1 heterocycles. The van der Waals surface area contributed by atoms with Gasteiger partial charge in [-0.1, -0.05) is 24.4 Å². The Hall–Kier alpha value is -0.860. The average Bonchev–Trinajstić information content (AvgIpc) is 2.33. The van der Waals surface area contributed by atoms with Crippen molar-refractivity contribution in [3.63, 3.8) is 0 Å². The van der Waals surface area contributed by atoms with E-state index in [0.717, 1.165) is 24.4 Å². The SMILES string of the molecule is O/N=C(\C1=NCCCC1)C1CCCCC1. The summed E-state index contributed by atoms with van der Waals surface area (Å²) >= 11 is 0. The Labute approximate surface area is 91.3 Å². The van der Waals surface area contributed by atoms with E-state index in [2.05, 4.69) is 10.1 Å². The normalized spacial score (nSPS) is 25.1. The molecular weight excluding hydrogens is 188 g/mol. The molecule has 15 heavy (non-hydrogen) atoms. The number of rotatable bonds is 2. The highest BCUT2D eigenvalue weighted by atomic mass is 16.4. The Bertz CT molecular complexity index is 265. The topological polar surface area (TPSA) is 45.0 Å². The standard InChI is InChI=1S/C12H20N2O/c15-14-12(10-6-2-1-3-7-10)11-8-4-5-9-13-11/h10,15H,1-9H2/b14-12-. The van der Waals surface area contributed by atoms with E-state index < -0.39 is 0 Å². The van der Waals surface area contributed by atoms with Crippen LogP contribution in [0.25, 0.3) is 0 Å². The molecule has 1 aliphatic heterocycles. The monoisotopic (exact) mass is 208 g/mol. The molecule has 0 aromatic heterocycles. The van der Waals surface area contributed by atoms with Crippen molar-refractivity contribution in [2.75, 3.05) is 6.54 Å². The van der Waals surface area contributed by atoms with Crippen LogP contribution in [0.2, 0.25) is 0 Å². The molecule has 84 valence electrons. The van der Waals surface area contributed by atoms with Crippen molar-refractivity contribution < 1.29 is 5.21 Å². The number of nitrogens with zero attached hydrogens (tertiary/aromatic N) is 2. The number of hydrogen-bond acceptors (Lipinski definition) is 3. The Balaban J connectivity index is 2.05. The largest absolute Gasteiger partial charge is 0.411 e. The lowest BCUT2D eigenvalue weighted by molar-refractivity contribution is 0.311. The predicted molar refractivity (Wildman–Crippen MR) is 61.9 cm³/mol. The second kappa shape index (κ2) is 5.29. The lowest BCUT2D eigenvalue weighted by Crippen LogP contribution is -2.27. The smallest absolute Gasteiger partial charge is 0.104 e. The first-order chi connectivity index (χ1) is 7.42. The van der Waals surface area contributed by atoms with E-state index in [1.165, 1.54) is 44.9 Å². The molecule has 1 fully saturated rings. The third-order valence-corrected chi connectivity index (χ3v) is 3.52. The van der Waals surface area contributed by atoms with Crippen molar-refractivity contribution in [2.45, 2.75) is 51.4 Å². The number of hydrogen-bond donors (Lipinski definition) is 1. The Morgan fingerprint density at radius 2 is 1.93 bits per heavy atom. The second-order valence-corrected chi connectivity index (χ2v) is 4.61. The molecule has 0 amide bonds. The van der Waals surface area contributed by atoms with Crippen molar-refractivity contribution in [3.05, 3.63) is 0 Å². The van der Waals surface area contributed by atoms with Crippen LogP contribution in [0.1, 0.15) is 51.4 Å². The van der Waals surface area contributed by atoms with Gasteiger partial charge < -0.3 is 5.21 Å². The van der Waals surface area contributed by atoms with E-state index in [4.69, 9.17) is 5.21 Å². The molecule has 0 aromatic rings. The first-order valence-electron chi connectivity index (χ1n) is 6.17. The Morgan fingerprint density at radius 1 is 1.13 bits per heavy atom. The average molecular weight is 208 g/mol. The van der Waals surface area contributed by atoms with Gasteiger partial charge in [-0.2, -0.15) is 0 Å². The van der Waals surface area contributed by atoms with Crippen LogP contribution in [-0.4, -0.2) is 23.2 Å². The summed E-state index contributed by atoms with van der Waals surface area (Å²) in [6, 6.07) is 0. The van der Waals surface area contributed by atoms with Crippen LogP contribution in [0, 0.1) is 5.92 Å². The summed E-state index contributed by atoms with van der Waals surface area (Å²) in [5.41, 5.74) is 1.98. The molecule has 1 N–H and O–H groups in total. The van der Waals surface area contributed by atoms with Gasteiger partial charge in [-0.05, 0) is 32.1 Å². The van der Waals surface area contributed by atoms with Crippen molar-refractivity contribution in [1.82, 2.24) is 0 Å². The summed E-state index contributed by atoms with van der Waals surface area (Å²) in [6.07, 6.45) is 9.64. The van der Waals surface area contributed by atoms with Gasteiger partial charge in [0.25, 0.3) is 0 Å². The van der Waals surface area contributed by atoms with Gasteiger partial charge >= 0.3 is 0 Å². The minimum Gasteiger partial charge on any atom is -0.411 e. The molecule has 0 radical (unpaired) electrons. The van der Waals surface area contributed by atoms with Crippen molar-refractivity contribution in [2.24, 2.45) is 16.1 Å². The van der Waals surface area contributed by atoms with Crippen LogP contribution in [0.4, 0.5) is 0 Å². The highest BCUT2D eigenvalue weighted by Crippen LogP contribution is 2.26. The van der Waals surface area contributed by atoms with Gasteiger partial charge in [-0.25, -0.2) is 0 Å². The molecule has 2 aliphatic rings.